The zero-order valence-electron chi connectivity index (χ0n) is 13.2. The zero-order valence-corrected chi connectivity index (χ0v) is 13.2. The maximum absolute atomic E-state index is 4.62. The predicted molar refractivity (Wildman–Crippen MR) is 89.4 cm³/mol. The van der Waals surface area contributed by atoms with Crippen molar-refractivity contribution >= 4 is 10.9 Å². The minimum absolute atomic E-state index is 0.694. The highest BCUT2D eigenvalue weighted by molar-refractivity contribution is 5.82. The average molecular weight is 282 g/mol. The van der Waals surface area contributed by atoms with E-state index in [1.807, 2.05) is 0 Å². The normalized spacial score (nSPS) is 22.6. The summed E-state index contributed by atoms with van der Waals surface area (Å²) in [6.45, 7) is 5.37. The molecule has 112 valence electrons. The third-order valence-electron chi connectivity index (χ3n) is 4.94. The number of para-hydroxylation sites is 1. The molecule has 1 heterocycles. The molecule has 0 atom stereocenters. The Hall–Kier alpha value is -1.41. The van der Waals surface area contributed by atoms with E-state index in [0.717, 1.165) is 23.7 Å². The summed E-state index contributed by atoms with van der Waals surface area (Å²) in [7, 11) is 0. The molecule has 3 rings (SSSR count). The van der Waals surface area contributed by atoms with Gasteiger partial charge in [0.15, 0.2) is 0 Å². The van der Waals surface area contributed by atoms with Crippen LogP contribution in [-0.2, 0) is 6.54 Å². The number of aromatic nitrogens is 1. The molecule has 21 heavy (non-hydrogen) atoms. The molecule has 2 nitrogen and oxygen atoms in total. The number of fused-ring (bicyclic) bond motifs is 1. The number of hydrogen-bond acceptors (Lipinski definition) is 2. The second kappa shape index (κ2) is 6.57. The number of hydrogen-bond donors (Lipinski definition) is 1. The van der Waals surface area contributed by atoms with E-state index < -0.39 is 0 Å². The molecule has 2 aromatic rings. The first-order valence-electron chi connectivity index (χ1n) is 8.35. The van der Waals surface area contributed by atoms with Crippen molar-refractivity contribution in [1.82, 2.24) is 10.3 Å². The zero-order chi connectivity index (χ0) is 14.7. The highest BCUT2D eigenvalue weighted by atomic mass is 14.9. The van der Waals surface area contributed by atoms with Crippen molar-refractivity contribution < 1.29 is 0 Å². The van der Waals surface area contributed by atoms with E-state index in [2.05, 4.69) is 54.5 Å². The van der Waals surface area contributed by atoms with Crippen molar-refractivity contribution in [3.05, 3.63) is 41.6 Å². The molecule has 1 saturated carbocycles. The van der Waals surface area contributed by atoms with Crippen molar-refractivity contribution in [2.24, 2.45) is 5.92 Å². The molecule has 1 N–H and O–H groups in total. The highest BCUT2D eigenvalue weighted by Crippen LogP contribution is 2.27. The van der Waals surface area contributed by atoms with E-state index in [9.17, 15) is 0 Å². The Bertz CT molecular complexity index is 598. The Morgan fingerprint density at radius 3 is 2.67 bits per heavy atom. The fourth-order valence-electron chi connectivity index (χ4n) is 3.57. The topological polar surface area (TPSA) is 24.9 Å². The molecular formula is C19H26N2. The van der Waals surface area contributed by atoms with Crippen LogP contribution in [0.2, 0.25) is 0 Å². The largest absolute Gasteiger partial charge is 0.310 e. The van der Waals surface area contributed by atoms with Gasteiger partial charge in [-0.25, -0.2) is 0 Å². The standard InChI is InChI=1S/C19H26N2/c1-3-15-8-10-17(11-9-15)20-13-16-12-14(2)21-19-7-5-4-6-18(16)19/h4-7,12,15,17,20H,3,8-11,13H2,1-2H3. The van der Waals surface area contributed by atoms with Crippen LogP contribution < -0.4 is 5.32 Å². The van der Waals surface area contributed by atoms with Crippen molar-refractivity contribution in [1.29, 1.82) is 0 Å². The summed E-state index contributed by atoms with van der Waals surface area (Å²) in [6, 6.07) is 11.4. The fraction of sp³-hybridized carbons (Fsp3) is 0.526. The molecule has 0 unspecified atom stereocenters. The monoisotopic (exact) mass is 282 g/mol. The first-order valence-corrected chi connectivity index (χ1v) is 8.35. The van der Waals surface area contributed by atoms with Crippen LogP contribution in [0.3, 0.4) is 0 Å². The Kier molecular flexibility index (Phi) is 4.54. The number of aryl methyl sites for hydroxylation is 1. The summed E-state index contributed by atoms with van der Waals surface area (Å²) < 4.78 is 0. The molecule has 0 amide bonds. The quantitative estimate of drug-likeness (QED) is 0.886. The number of benzene rings is 1. The molecule has 0 aliphatic heterocycles. The van der Waals surface area contributed by atoms with Crippen LogP contribution in [0.4, 0.5) is 0 Å². The van der Waals surface area contributed by atoms with Gasteiger partial charge in [-0.05, 0) is 56.2 Å². The summed E-state index contributed by atoms with van der Waals surface area (Å²) >= 11 is 0. The van der Waals surface area contributed by atoms with Crippen LogP contribution in [-0.4, -0.2) is 11.0 Å². The van der Waals surface area contributed by atoms with Crippen LogP contribution in [0.1, 0.15) is 50.3 Å². The summed E-state index contributed by atoms with van der Waals surface area (Å²) in [4.78, 5) is 4.62. The summed E-state index contributed by atoms with van der Waals surface area (Å²) in [5.74, 6) is 0.965. The van der Waals surface area contributed by atoms with Crippen molar-refractivity contribution in [2.75, 3.05) is 0 Å². The Morgan fingerprint density at radius 1 is 1.14 bits per heavy atom. The lowest BCUT2D eigenvalue weighted by Gasteiger charge is -2.28. The van der Waals surface area contributed by atoms with Gasteiger partial charge in [0, 0.05) is 23.7 Å². The van der Waals surface area contributed by atoms with E-state index in [1.54, 1.807) is 0 Å². The van der Waals surface area contributed by atoms with Gasteiger partial charge in [-0.3, -0.25) is 4.98 Å². The molecular weight excluding hydrogens is 256 g/mol. The summed E-state index contributed by atoms with van der Waals surface area (Å²) in [5, 5.41) is 5.06. The van der Waals surface area contributed by atoms with Crippen LogP contribution in [0.25, 0.3) is 10.9 Å². The molecule has 0 saturated heterocycles. The van der Waals surface area contributed by atoms with Gasteiger partial charge in [0.1, 0.15) is 0 Å². The van der Waals surface area contributed by atoms with Crippen LogP contribution in [0.15, 0.2) is 30.3 Å². The van der Waals surface area contributed by atoms with Gasteiger partial charge in [-0.15, -0.1) is 0 Å². The minimum Gasteiger partial charge on any atom is -0.310 e. The Balaban J connectivity index is 1.68. The molecule has 0 spiro atoms. The molecule has 2 heteroatoms. The predicted octanol–water partition coefficient (Wildman–Crippen LogP) is 4.60. The minimum atomic E-state index is 0.694. The molecule has 1 aliphatic carbocycles. The van der Waals surface area contributed by atoms with Gasteiger partial charge < -0.3 is 5.32 Å². The van der Waals surface area contributed by atoms with Gasteiger partial charge in [0.25, 0.3) is 0 Å². The highest BCUT2D eigenvalue weighted by Gasteiger charge is 2.19. The summed E-state index contributed by atoms with van der Waals surface area (Å²) in [5.41, 5.74) is 3.61. The number of pyridine rings is 1. The van der Waals surface area contributed by atoms with E-state index in [0.29, 0.717) is 6.04 Å². The van der Waals surface area contributed by atoms with E-state index >= 15 is 0 Å². The average Bonchev–Trinajstić information content (AvgIpc) is 2.53. The van der Waals surface area contributed by atoms with E-state index in [-0.39, 0.29) is 0 Å². The fourth-order valence-corrected chi connectivity index (χ4v) is 3.57. The van der Waals surface area contributed by atoms with Crippen molar-refractivity contribution in [3.8, 4) is 0 Å². The smallest absolute Gasteiger partial charge is 0.0708 e. The van der Waals surface area contributed by atoms with Gasteiger partial charge in [-0.2, -0.15) is 0 Å². The third-order valence-corrected chi connectivity index (χ3v) is 4.94. The second-order valence-electron chi connectivity index (χ2n) is 6.45. The lowest BCUT2D eigenvalue weighted by molar-refractivity contribution is 0.285. The van der Waals surface area contributed by atoms with E-state index in [1.165, 1.54) is 43.1 Å². The van der Waals surface area contributed by atoms with Gasteiger partial charge in [-0.1, -0.05) is 31.5 Å². The van der Waals surface area contributed by atoms with Gasteiger partial charge in [0.05, 0.1) is 5.52 Å². The maximum Gasteiger partial charge on any atom is 0.0708 e. The first-order chi connectivity index (χ1) is 10.3. The maximum atomic E-state index is 4.62. The molecule has 0 radical (unpaired) electrons. The molecule has 1 aromatic heterocycles. The van der Waals surface area contributed by atoms with Gasteiger partial charge >= 0.3 is 0 Å². The first kappa shape index (κ1) is 14.5. The lowest BCUT2D eigenvalue weighted by atomic mass is 9.84. The van der Waals surface area contributed by atoms with Crippen molar-refractivity contribution in [3.63, 3.8) is 0 Å². The summed E-state index contributed by atoms with van der Waals surface area (Å²) in [6.07, 6.45) is 6.80. The number of nitrogens with one attached hydrogen (secondary N) is 1. The van der Waals surface area contributed by atoms with Crippen LogP contribution in [0.5, 0.6) is 0 Å². The third kappa shape index (κ3) is 3.44. The molecule has 1 aromatic carbocycles. The molecule has 1 aliphatic rings. The van der Waals surface area contributed by atoms with E-state index in [4.69, 9.17) is 0 Å². The number of rotatable bonds is 4. The van der Waals surface area contributed by atoms with Crippen LogP contribution in [0, 0.1) is 12.8 Å². The number of nitrogens with zero attached hydrogens (tertiary/aromatic N) is 1. The van der Waals surface area contributed by atoms with Crippen LogP contribution >= 0.6 is 0 Å². The second-order valence-corrected chi connectivity index (χ2v) is 6.45. The molecule has 0 bridgehead atoms. The Morgan fingerprint density at radius 2 is 1.90 bits per heavy atom. The lowest BCUT2D eigenvalue weighted by Crippen LogP contribution is -2.32. The van der Waals surface area contributed by atoms with Crippen molar-refractivity contribution in [2.45, 2.75) is 58.5 Å². The Labute approximate surface area is 128 Å². The SMILES string of the molecule is CCC1CCC(NCc2cc(C)nc3ccccc23)CC1. The molecule has 1 fully saturated rings. The van der Waals surface area contributed by atoms with Gasteiger partial charge in [0.2, 0.25) is 0 Å².